The average Bonchev–Trinajstić information content (AvgIpc) is 2.96. The fourth-order valence-corrected chi connectivity index (χ4v) is 2.79. The van der Waals surface area contributed by atoms with Crippen molar-refractivity contribution in [1.29, 1.82) is 0 Å². The van der Waals surface area contributed by atoms with Crippen molar-refractivity contribution in [3.63, 3.8) is 0 Å². The predicted octanol–water partition coefficient (Wildman–Crippen LogP) is 1.63. The minimum atomic E-state index is -0.224. The van der Waals surface area contributed by atoms with E-state index < -0.39 is 0 Å². The van der Waals surface area contributed by atoms with Gasteiger partial charge in [-0.15, -0.1) is 0 Å². The predicted molar refractivity (Wildman–Crippen MR) is 64.9 cm³/mol. The van der Waals surface area contributed by atoms with E-state index in [9.17, 15) is 9.59 Å². The molecule has 1 saturated heterocycles. The lowest BCUT2D eigenvalue weighted by Gasteiger charge is -2.14. The summed E-state index contributed by atoms with van der Waals surface area (Å²) in [5, 5.41) is 3.71. The average molecular weight is 253 g/mol. The SMILES string of the molecule is COC(=O)C1CN(C(=O)c2ccsc2)CC1C. The Morgan fingerprint density at radius 3 is 2.82 bits per heavy atom. The van der Waals surface area contributed by atoms with Crippen molar-refractivity contribution in [3.05, 3.63) is 22.4 Å². The summed E-state index contributed by atoms with van der Waals surface area (Å²) in [4.78, 5) is 25.3. The van der Waals surface area contributed by atoms with E-state index in [0.717, 1.165) is 0 Å². The number of thiophene rings is 1. The quantitative estimate of drug-likeness (QED) is 0.753. The van der Waals surface area contributed by atoms with Crippen molar-refractivity contribution in [1.82, 2.24) is 4.90 Å². The van der Waals surface area contributed by atoms with Crippen LogP contribution in [0.15, 0.2) is 16.8 Å². The Morgan fingerprint density at radius 2 is 2.24 bits per heavy atom. The van der Waals surface area contributed by atoms with Gasteiger partial charge in [0, 0.05) is 18.5 Å². The monoisotopic (exact) mass is 253 g/mol. The third kappa shape index (κ3) is 2.34. The fourth-order valence-electron chi connectivity index (χ4n) is 2.16. The molecular weight excluding hydrogens is 238 g/mol. The van der Waals surface area contributed by atoms with E-state index >= 15 is 0 Å². The number of carbonyl (C=O) groups excluding carboxylic acids is 2. The molecule has 2 heterocycles. The zero-order valence-electron chi connectivity index (χ0n) is 9.88. The number of hydrogen-bond acceptors (Lipinski definition) is 4. The maximum atomic E-state index is 12.1. The topological polar surface area (TPSA) is 46.6 Å². The molecule has 1 aromatic heterocycles. The first kappa shape index (κ1) is 12.1. The van der Waals surface area contributed by atoms with Gasteiger partial charge in [-0.3, -0.25) is 9.59 Å². The Bertz CT molecular complexity index is 415. The number of hydrogen-bond donors (Lipinski definition) is 0. The molecule has 92 valence electrons. The summed E-state index contributed by atoms with van der Waals surface area (Å²) >= 11 is 1.50. The molecule has 1 aliphatic heterocycles. The zero-order chi connectivity index (χ0) is 12.4. The molecule has 5 heteroatoms. The molecule has 1 fully saturated rings. The lowest BCUT2D eigenvalue weighted by Crippen LogP contribution is -2.29. The van der Waals surface area contributed by atoms with E-state index in [1.807, 2.05) is 23.8 Å². The van der Waals surface area contributed by atoms with Crippen LogP contribution in [-0.4, -0.2) is 37.0 Å². The van der Waals surface area contributed by atoms with Gasteiger partial charge in [-0.25, -0.2) is 0 Å². The Kier molecular flexibility index (Phi) is 3.47. The Morgan fingerprint density at radius 1 is 1.47 bits per heavy atom. The minimum Gasteiger partial charge on any atom is -0.469 e. The number of ether oxygens (including phenoxy) is 1. The van der Waals surface area contributed by atoms with Crippen LogP contribution < -0.4 is 0 Å². The van der Waals surface area contributed by atoms with Gasteiger partial charge in [-0.2, -0.15) is 11.3 Å². The number of rotatable bonds is 2. The lowest BCUT2D eigenvalue weighted by atomic mass is 9.99. The molecule has 0 N–H and O–H groups in total. The molecule has 4 nitrogen and oxygen atoms in total. The summed E-state index contributed by atoms with van der Waals surface area (Å²) in [6.45, 7) is 3.06. The second-order valence-electron chi connectivity index (χ2n) is 4.33. The minimum absolute atomic E-state index is 0.00417. The maximum absolute atomic E-state index is 12.1. The van der Waals surface area contributed by atoms with E-state index in [4.69, 9.17) is 4.74 Å². The smallest absolute Gasteiger partial charge is 0.310 e. The Hall–Kier alpha value is -1.36. The molecule has 0 aromatic carbocycles. The Balaban J connectivity index is 2.06. The third-order valence-electron chi connectivity index (χ3n) is 3.17. The van der Waals surface area contributed by atoms with Crippen LogP contribution in [0.1, 0.15) is 17.3 Å². The van der Waals surface area contributed by atoms with Crippen LogP contribution in [0.25, 0.3) is 0 Å². The van der Waals surface area contributed by atoms with Gasteiger partial charge in [0.05, 0.1) is 18.6 Å². The molecule has 0 bridgehead atoms. The Labute approximate surface area is 104 Å². The molecule has 2 rings (SSSR count). The molecule has 17 heavy (non-hydrogen) atoms. The van der Waals surface area contributed by atoms with Gasteiger partial charge < -0.3 is 9.64 Å². The molecule has 2 unspecified atom stereocenters. The standard InChI is InChI=1S/C12H15NO3S/c1-8-5-13(6-10(8)12(15)16-2)11(14)9-3-4-17-7-9/h3-4,7-8,10H,5-6H2,1-2H3. The number of nitrogens with zero attached hydrogens (tertiary/aromatic N) is 1. The van der Waals surface area contributed by atoms with Crippen LogP contribution in [-0.2, 0) is 9.53 Å². The van der Waals surface area contributed by atoms with Crippen LogP contribution in [0, 0.1) is 11.8 Å². The van der Waals surface area contributed by atoms with E-state index in [-0.39, 0.29) is 23.7 Å². The highest BCUT2D eigenvalue weighted by atomic mass is 32.1. The number of likely N-dealkylation sites (tertiary alicyclic amines) is 1. The van der Waals surface area contributed by atoms with Crippen LogP contribution in [0.2, 0.25) is 0 Å². The molecule has 0 spiro atoms. The van der Waals surface area contributed by atoms with Crippen LogP contribution in [0.3, 0.4) is 0 Å². The second-order valence-corrected chi connectivity index (χ2v) is 5.11. The van der Waals surface area contributed by atoms with Crippen molar-refractivity contribution < 1.29 is 14.3 Å². The van der Waals surface area contributed by atoms with E-state index in [1.165, 1.54) is 18.4 Å². The molecular formula is C12H15NO3S. The van der Waals surface area contributed by atoms with Crippen LogP contribution >= 0.6 is 11.3 Å². The molecule has 1 aliphatic rings. The highest BCUT2D eigenvalue weighted by Gasteiger charge is 2.37. The first-order valence-corrected chi connectivity index (χ1v) is 6.47. The van der Waals surface area contributed by atoms with Crippen molar-refractivity contribution >= 4 is 23.2 Å². The van der Waals surface area contributed by atoms with E-state index in [2.05, 4.69) is 0 Å². The second kappa shape index (κ2) is 4.87. The first-order chi connectivity index (χ1) is 8.13. The largest absolute Gasteiger partial charge is 0.469 e. The van der Waals surface area contributed by atoms with E-state index in [0.29, 0.717) is 18.7 Å². The van der Waals surface area contributed by atoms with Gasteiger partial charge in [0.15, 0.2) is 0 Å². The van der Waals surface area contributed by atoms with Crippen molar-refractivity contribution in [2.75, 3.05) is 20.2 Å². The summed E-state index contributed by atoms with van der Waals surface area (Å²) < 4.78 is 4.75. The molecule has 1 aromatic rings. The molecule has 2 atom stereocenters. The first-order valence-electron chi connectivity index (χ1n) is 5.52. The molecule has 1 amide bonds. The number of methoxy groups -OCH3 is 1. The van der Waals surface area contributed by atoms with Crippen LogP contribution in [0.4, 0.5) is 0 Å². The highest BCUT2D eigenvalue weighted by Crippen LogP contribution is 2.25. The number of esters is 1. The third-order valence-corrected chi connectivity index (χ3v) is 3.85. The van der Waals surface area contributed by atoms with Gasteiger partial charge in [0.25, 0.3) is 5.91 Å². The highest BCUT2D eigenvalue weighted by molar-refractivity contribution is 7.08. The van der Waals surface area contributed by atoms with E-state index in [1.54, 1.807) is 4.90 Å². The summed E-state index contributed by atoms with van der Waals surface area (Å²) in [6.07, 6.45) is 0. The summed E-state index contributed by atoms with van der Waals surface area (Å²) in [6, 6.07) is 1.81. The van der Waals surface area contributed by atoms with Gasteiger partial charge in [0.2, 0.25) is 0 Å². The molecule has 0 saturated carbocycles. The van der Waals surface area contributed by atoms with Gasteiger partial charge in [-0.05, 0) is 17.4 Å². The summed E-state index contributed by atoms with van der Waals surface area (Å²) in [5.41, 5.74) is 0.702. The molecule has 0 aliphatic carbocycles. The van der Waals surface area contributed by atoms with Gasteiger partial charge >= 0.3 is 5.97 Å². The van der Waals surface area contributed by atoms with Crippen LogP contribution in [0.5, 0.6) is 0 Å². The lowest BCUT2D eigenvalue weighted by molar-refractivity contribution is -0.146. The van der Waals surface area contributed by atoms with Crippen molar-refractivity contribution in [2.45, 2.75) is 6.92 Å². The summed E-state index contributed by atoms with van der Waals surface area (Å²) in [7, 11) is 1.39. The van der Waals surface area contributed by atoms with Gasteiger partial charge in [-0.1, -0.05) is 6.92 Å². The maximum Gasteiger partial charge on any atom is 0.310 e. The van der Waals surface area contributed by atoms with Gasteiger partial charge in [0.1, 0.15) is 0 Å². The van der Waals surface area contributed by atoms with Crippen molar-refractivity contribution in [3.8, 4) is 0 Å². The number of amides is 1. The summed E-state index contributed by atoms with van der Waals surface area (Å²) in [5.74, 6) is -0.254. The fraction of sp³-hybridized carbons (Fsp3) is 0.500. The van der Waals surface area contributed by atoms with Crippen molar-refractivity contribution in [2.24, 2.45) is 11.8 Å². The zero-order valence-corrected chi connectivity index (χ0v) is 10.7. The number of carbonyl (C=O) groups is 2. The normalized spacial score (nSPS) is 23.8. The molecule has 0 radical (unpaired) electrons.